The standard InChI is InChI=1S/C24H40O6/c1-16(2)6-4-7-20-12-18-8-5-9-19(28-18)13-21(27-3)14-22-10-17(25)11-23(29-22)15-24(26)30-20/h4,7,16-23,25H,5-6,8-15H2,1-3H3/b7-4+/t17-,18-,19-,20-,21+,22-,23+/m0/s1. The first kappa shape index (κ1) is 23.7. The number of aliphatic hydroxyl groups excluding tert-OH is 1. The molecule has 3 aliphatic heterocycles. The first-order valence-corrected chi connectivity index (χ1v) is 11.8. The Bertz CT molecular complexity index is 562. The van der Waals surface area contributed by atoms with Crippen molar-refractivity contribution in [1.82, 2.24) is 0 Å². The van der Waals surface area contributed by atoms with E-state index in [0.29, 0.717) is 31.6 Å². The van der Waals surface area contributed by atoms with Gasteiger partial charge in [-0.3, -0.25) is 4.79 Å². The molecule has 0 amide bonds. The number of esters is 1. The molecular formula is C24H40O6. The molecule has 0 aromatic rings. The molecule has 0 aliphatic carbocycles. The van der Waals surface area contributed by atoms with Gasteiger partial charge >= 0.3 is 5.97 Å². The number of rotatable bonds is 4. The molecule has 0 spiro atoms. The van der Waals surface area contributed by atoms with Gasteiger partial charge in [-0.2, -0.15) is 0 Å². The molecule has 1 N–H and O–H groups in total. The summed E-state index contributed by atoms with van der Waals surface area (Å²) < 4.78 is 24.1. The monoisotopic (exact) mass is 424 g/mol. The number of ether oxygens (including phenoxy) is 4. The van der Waals surface area contributed by atoms with Crippen LogP contribution in [0.25, 0.3) is 0 Å². The summed E-state index contributed by atoms with van der Waals surface area (Å²) in [5, 5.41) is 10.3. The number of fused-ring (bicyclic) bond motifs is 4. The van der Waals surface area contributed by atoms with Gasteiger partial charge in [0.05, 0.1) is 43.0 Å². The van der Waals surface area contributed by atoms with Gasteiger partial charge in [0, 0.05) is 20.0 Å². The molecule has 0 radical (unpaired) electrons. The zero-order valence-corrected chi connectivity index (χ0v) is 18.8. The molecule has 0 aromatic heterocycles. The Balaban J connectivity index is 1.74. The van der Waals surface area contributed by atoms with E-state index in [1.165, 1.54) is 0 Å². The molecule has 0 unspecified atom stereocenters. The quantitative estimate of drug-likeness (QED) is 0.544. The summed E-state index contributed by atoms with van der Waals surface area (Å²) in [4.78, 5) is 12.7. The molecule has 3 heterocycles. The minimum absolute atomic E-state index is 0.0290. The van der Waals surface area contributed by atoms with Crippen LogP contribution in [-0.4, -0.2) is 60.9 Å². The van der Waals surface area contributed by atoms with Crippen molar-refractivity contribution < 1.29 is 28.8 Å². The van der Waals surface area contributed by atoms with Gasteiger partial charge in [0.25, 0.3) is 0 Å². The van der Waals surface area contributed by atoms with Crippen molar-refractivity contribution in [3.8, 4) is 0 Å². The smallest absolute Gasteiger partial charge is 0.309 e. The minimum Gasteiger partial charge on any atom is -0.458 e. The number of carbonyl (C=O) groups excluding carboxylic acids is 1. The predicted molar refractivity (Wildman–Crippen MR) is 114 cm³/mol. The van der Waals surface area contributed by atoms with Crippen LogP contribution in [0.3, 0.4) is 0 Å². The van der Waals surface area contributed by atoms with E-state index in [9.17, 15) is 9.90 Å². The van der Waals surface area contributed by atoms with Crippen LogP contribution in [-0.2, 0) is 23.7 Å². The molecule has 3 saturated heterocycles. The van der Waals surface area contributed by atoms with E-state index in [4.69, 9.17) is 18.9 Å². The summed E-state index contributed by atoms with van der Waals surface area (Å²) in [6.07, 6.45) is 10.8. The Morgan fingerprint density at radius 2 is 1.70 bits per heavy atom. The summed E-state index contributed by atoms with van der Waals surface area (Å²) in [6, 6.07) is 0. The summed E-state index contributed by atoms with van der Waals surface area (Å²) in [7, 11) is 1.73. The molecule has 3 aliphatic rings. The number of cyclic esters (lactones) is 1. The first-order chi connectivity index (χ1) is 14.4. The molecule has 0 saturated carbocycles. The number of carbonyl (C=O) groups is 1. The van der Waals surface area contributed by atoms with Crippen LogP contribution < -0.4 is 0 Å². The maximum absolute atomic E-state index is 12.7. The van der Waals surface area contributed by atoms with Gasteiger partial charge in [-0.25, -0.2) is 0 Å². The third-order valence-corrected chi connectivity index (χ3v) is 6.41. The zero-order valence-electron chi connectivity index (χ0n) is 18.8. The van der Waals surface area contributed by atoms with E-state index in [1.807, 2.05) is 6.08 Å². The lowest BCUT2D eigenvalue weighted by atomic mass is 9.92. The van der Waals surface area contributed by atoms with E-state index in [-0.39, 0.29) is 49.0 Å². The van der Waals surface area contributed by atoms with Crippen LogP contribution >= 0.6 is 0 Å². The van der Waals surface area contributed by atoms with Crippen molar-refractivity contribution in [3.05, 3.63) is 12.2 Å². The predicted octanol–water partition coefficient (Wildman–Crippen LogP) is 3.94. The second-order valence-corrected chi connectivity index (χ2v) is 9.67. The zero-order chi connectivity index (χ0) is 21.5. The Morgan fingerprint density at radius 3 is 2.43 bits per heavy atom. The minimum atomic E-state index is -0.455. The third-order valence-electron chi connectivity index (χ3n) is 6.41. The van der Waals surface area contributed by atoms with Crippen molar-refractivity contribution in [2.45, 2.75) is 121 Å². The topological polar surface area (TPSA) is 74.2 Å². The molecule has 0 aromatic carbocycles. The fraction of sp³-hybridized carbons (Fsp3) is 0.875. The Kier molecular flexibility index (Phi) is 9.17. The molecule has 30 heavy (non-hydrogen) atoms. The highest BCUT2D eigenvalue weighted by molar-refractivity contribution is 5.70. The van der Waals surface area contributed by atoms with E-state index in [0.717, 1.165) is 32.1 Å². The van der Waals surface area contributed by atoms with Crippen molar-refractivity contribution in [2.75, 3.05) is 7.11 Å². The lowest BCUT2D eigenvalue weighted by molar-refractivity contribution is -0.163. The number of hydrogen-bond acceptors (Lipinski definition) is 6. The average molecular weight is 425 g/mol. The number of methoxy groups -OCH3 is 1. The lowest BCUT2D eigenvalue weighted by Gasteiger charge is -2.37. The number of aliphatic hydroxyl groups is 1. The molecule has 6 heteroatoms. The maximum atomic E-state index is 12.7. The van der Waals surface area contributed by atoms with Gasteiger partial charge in [0.2, 0.25) is 0 Å². The fourth-order valence-electron chi connectivity index (χ4n) is 4.90. The molecule has 4 bridgehead atoms. The van der Waals surface area contributed by atoms with Crippen molar-refractivity contribution in [3.63, 3.8) is 0 Å². The van der Waals surface area contributed by atoms with Crippen molar-refractivity contribution >= 4 is 5.97 Å². The summed E-state index contributed by atoms with van der Waals surface area (Å²) in [5.41, 5.74) is 0. The van der Waals surface area contributed by atoms with E-state index in [1.54, 1.807) is 7.11 Å². The van der Waals surface area contributed by atoms with Crippen LogP contribution in [0.1, 0.15) is 78.1 Å². The average Bonchev–Trinajstić information content (AvgIpc) is 2.66. The van der Waals surface area contributed by atoms with Crippen LogP contribution in [0.15, 0.2) is 12.2 Å². The second-order valence-electron chi connectivity index (χ2n) is 9.67. The SMILES string of the molecule is CO[C@@H]1C[C@@H]2CCC[C@@H](C[C@H](/C=C/CC(C)C)OC(=O)C[C@H]3C[C@@H](O)C[C@@H](C1)O3)O2. The highest BCUT2D eigenvalue weighted by Crippen LogP contribution is 2.31. The summed E-state index contributed by atoms with van der Waals surface area (Å²) in [5.74, 6) is 0.297. The van der Waals surface area contributed by atoms with E-state index < -0.39 is 6.10 Å². The van der Waals surface area contributed by atoms with Gasteiger partial charge in [-0.05, 0) is 56.9 Å². The highest BCUT2D eigenvalue weighted by atomic mass is 16.6. The van der Waals surface area contributed by atoms with E-state index >= 15 is 0 Å². The fourth-order valence-corrected chi connectivity index (χ4v) is 4.90. The van der Waals surface area contributed by atoms with E-state index in [2.05, 4.69) is 19.9 Å². The largest absolute Gasteiger partial charge is 0.458 e. The third kappa shape index (κ3) is 7.63. The summed E-state index contributed by atoms with van der Waals surface area (Å²) in [6.45, 7) is 4.35. The van der Waals surface area contributed by atoms with Crippen LogP contribution in [0.2, 0.25) is 0 Å². The molecule has 7 atom stereocenters. The Morgan fingerprint density at radius 1 is 1.03 bits per heavy atom. The van der Waals surface area contributed by atoms with Crippen LogP contribution in [0.5, 0.6) is 0 Å². The molecular weight excluding hydrogens is 384 g/mol. The van der Waals surface area contributed by atoms with Crippen molar-refractivity contribution in [1.29, 1.82) is 0 Å². The molecule has 3 rings (SSSR count). The van der Waals surface area contributed by atoms with Crippen molar-refractivity contribution in [2.24, 2.45) is 5.92 Å². The molecule has 3 fully saturated rings. The lowest BCUT2D eigenvalue weighted by Crippen LogP contribution is -2.41. The van der Waals surface area contributed by atoms with Crippen LogP contribution in [0, 0.1) is 5.92 Å². The van der Waals surface area contributed by atoms with Gasteiger partial charge < -0.3 is 24.1 Å². The number of hydrogen-bond donors (Lipinski definition) is 1. The van der Waals surface area contributed by atoms with Gasteiger partial charge in [-0.15, -0.1) is 0 Å². The maximum Gasteiger partial charge on any atom is 0.309 e. The number of allylic oxidation sites excluding steroid dienone is 1. The van der Waals surface area contributed by atoms with Gasteiger partial charge in [0.1, 0.15) is 6.10 Å². The first-order valence-electron chi connectivity index (χ1n) is 11.8. The van der Waals surface area contributed by atoms with Crippen LogP contribution in [0.4, 0.5) is 0 Å². The second kappa shape index (κ2) is 11.6. The molecule has 6 nitrogen and oxygen atoms in total. The van der Waals surface area contributed by atoms with Gasteiger partial charge in [-0.1, -0.05) is 19.9 Å². The highest BCUT2D eigenvalue weighted by Gasteiger charge is 2.34. The Hall–Kier alpha value is -0.950. The molecule has 172 valence electrons. The Labute approximate surface area is 181 Å². The van der Waals surface area contributed by atoms with Gasteiger partial charge in [0.15, 0.2) is 0 Å². The normalized spacial score (nSPS) is 39.0. The summed E-state index contributed by atoms with van der Waals surface area (Å²) >= 11 is 0.